The van der Waals surface area contributed by atoms with E-state index >= 15 is 0 Å². The summed E-state index contributed by atoms with van der Waals surface area (Å²) in [5.74, 6) is 0.386. The highest BCUT2D eigenvalue weighted by molar-refractivity contribution is 7.10. The van der Waals surface area contributed by atoms with Crippen molar-refractivity contribution in [3.63, 3.8) is 0 Å². The lowest BCUT2D eigenvalue weighted by Crippen LogP contribution is -1.89. The van der Waals surface area contributed by atoms with Gasteiger partial charge in [0.05, 0.1) is 17.0 Å². The van der Waals surface area contributed by atoms with E-state index in [1.165, 1.54) is 6.26 Å². The summed E-state index contributed by atoms with van der Waals surface area (Å²) in [7, 11) is 0. The molecule has 0 saturated carbocycles. The van der Waals surface area contributed by atoms with Crippen LogP contribution in [0, 0.1) is 0 Å². The molecule has 0 aliphatic heterocycles. The minimum absolute atomic E-state index is 0.386. The molecule has 0 radical (unpaired) electrons. The van der Waals surface area contributed by atoms with Crippen LogP contribution in [0.1, 0.15) is 21.1 Å². The first-order valence-electron chi connectivity index (χ1n) is 5.88. The number of thiazole rings is 1. The Kier molecular flexibility index (Phi) is 3.25. The third-order valence-electron chi connectivity index (χ3n) is 2.85. The number of rotatable bonds is 4. The summed E-state index contributed by atoms with van der Waals surface area (Å²) in [5, 5.41) is 3.01. The van der Waals surface area contributed by atoms with Crippen molar-refractivity contribution in [3.05, 3.63) is 64.4 Å². The number of carbonyl (C=O) groups excluding carboxylic acids is 1. The van der Waals surface area contributed by atoms with Crippen molar-refractivity contribution in [3.8, 4) is 11.3 Å². The number of benzene rings is 1. The van der Waals surface area contributed by atoms with Gasteiger partial charge in [0.15, 0.2) is 12.0 Å². The number of aromatic nitrogens is 1. The first-order chi connectivity index (χ1) is 9.36. The van der Waals surface area contributed by atoms with Gasteiger partial charge < -0.3 is 4.42 Å². The molecule has 0 atom stereocenters. The third kappa shape index (κ3) is 2.48. The van der Waals surface area contributed by atoms with E-state index in [2.05, 4.69) is 4.98 Å². The van der Waals surface area contributed by atoms with Crippen LogP contribution in [0.3, 0.4) is 0 Å². The van der Waals surface area contributed by atoms with Crippen LogP contribution in [0.2, 0.25) is 0 Å². The molecule has 94 valence electrons. The Morgan fingerprint density at radius 2 is 2.05 bits per heavy atom. The monoisotopic (exact) mass is 269 g/mol. The highest BCUT2D eigenvalue weighted by Gasteiger charge is 2.09. The van der Waals surface area contributed by atoms with Crippen molar-refractivity contribution in [1.82, 2.24) is 4.98 Å². The van der Waals surface area contributed by atoms with Crippen LogP contribution in [-0.4, -0.2) is 11.3 Å². The van der Waals surface area contributed by atoms with Gasteiger partial charge in [0.2, 0.25) is 0 Å². The zero-order valence-electron chi connectivity index (χ0n) is 10.1. The summed E-state index contributed by atoms with van der Waals surface area (Å²) < 4.78 is 5.09. The number of furan rings is 1. The van der Waals surface area contributed by atoms with Gasteiger partial charge in [-0.05, 0) is 6.07 Å². The average molecular weight is 269 g/mol. The number of nitrogens with zero attached hydrogens (tertiary/aromatic N) is 1. The van der Waals surface area contributed by atoms with E-state index in [9.17, 15) is 4.79 Å². The van der Waals surface area contributed by atoms with E-state index in [-0.39, 0.29) is 0 Å². The Bertz CT molecular complexity index is 685. The van der Waals surface area contributed by atoms with E-state index < -0.39 is 0 Å². The molecule has 0 bridgehead atoms. The number of hydrogen-bond donors (Lipinski definition) is 0. The van der Waals surface area contributed by atoms with Gasteiger partial charge in [-0.2, -0.15) is 0 Å². The van der Waals surface area contributed by atoms with Gasteiger partial charge in [-0.15, -0.1) is 11.3 Å². The van der Waals surface area contributed by atoms with Crippen molar-refractivity contribution in [2.24, 2.45) is 0 Å². The highest BCUT2D eigenvalue weighted by Crippen LogP contribution is 2.24. The first kappa shape index (κ1) is 11.9. The Balaban J connectivity index is 1.84. The second kappa shape index (κ2) is 5.20. The molecule has 0 fully saturated rings. The molecule has 2 aromatic heterocycles. The first-order valence-corrected chi connectivity index (χ1v) is 6.76. The molecule has 0 spiro atoms. The van der Waals surface area contributed by atoms with Gasteiger partial charge in [-0.1, -0.05) is 30.3 Å². The molecule has 0 aliphatic rings. The smallest absolute Gasteiger partial charge is 0.185 e. The number of aldehydes is 1. The molecule has 0 unspecified atom stereocenters. The van der Waals surface area contributed by atoms with Gasteiger partial charge in [-0.3, -0.25) is 4.79 Å². The predicted molar refractivity (Wildman–Crippen MR) is 74.5 cm³/mol. The maximum Gasteiger partial charge on any atom is 0.185 e. The normalized spacial score (nSPS) is 10.5. The second-order valence-corrected chi connectivity index (χ2v) is 5.04. The Morgan fingerprint density at radius 3 is 2.84 bits per heavy atom. The summed E-state index contributed by atoms with van der Waals surface area (Å²) in [6.07, 6.45) is 2.90. The van der Waals surface area contributed by atoms with Crippen molar-refractivity contribution in [1.29, 1.82) is 0 Å². The largest absolute Gasteiger partial charge is 0.461 e. The SMILES string of the molecule is O=Cc1occc1Cc1nc(-c2ccccc2)cs1. The quantitative estimate of drug-likeness (QED) is 0.676. The van der Waals surface area contributed by atoms with E-state index in [0.29, 0.717) is 12.2 Å². The van der Waals surface area contributed by atoms with Crippen LogP contribution < -0.4 is 0 Å². The highest BCUT2D eigenvalue weighted by atomic mass is 32.1. The van der Waals surface area contributed by atoms with E-state index in [1.807, 2.05) is 41.8 Å². The zero-order chi connectivity index (χ0) is 13.1. The molecule has 19 heavy (non-hydrogen) atoms. The summed E-state index contributed by atoms with van der Waals surface area (Å²) in [5.41, 5.74) is 2.95. The fourth-order valence-corrected chi connectivity index (χ4v) is 2.72. The zero-order valence-corrected chi connectivity index (χ0v) is 10.9. The van der Waals surface area contributed by atoms with Crippen LogP contribution in [-0.2, 0) is 6.42 Å². The van der Waals surface area contributed by atoms with Crippen molar-refractivity contribution in [2.75, 3.05) is 0 Å². The molecular formula is C15H11NO2S. The summed E-state index contributed by atoms with van der Waals surface area (Å²) >= 11 is 1.59. The Labute approximate surface area is 114 Å². The molecule has 3 aromatic rings. The number of carbonyl (C=O) groups is 1. The molecule has 0 saturated heterocycles. The Morgan fingerprint density at radius 1 is 1.21 bits per heavy atom. The molecular weight excluding hydrogens is 258 g/mol. The molecule has 2 heterocycles. The van der Waals surface area contributed by atoms with Crippen LogP contribution in [0.5, 0.6) is 0 Å². The molecule has 3 rings (SSSR count). The minimum atomic E-state index is 0.386. The van der Waals surface area contributed by atoms with Crippen molar-refractivity contribution in [2.45, 2.75) is 6.42 Å². The molecule has 0 N–H and O–H groups in total. The van der Waals surface area contributed by atoms with Crippen molar-refractivity contribution >= 4 is 17.6 Å². The maximum atomic E-state index is 10.8. The van der Waals surface area contributed by atoms with E-state index in [0.717, 1.165) is 28.1 Å². The van der Waals surface area contributed by atoms with Crippen LogP contribution in [0.15, 0.2) is 52.5 Å². The van der Waals surface area contributed by atoms with Gasteiger partial charge in [0, 0.05) is 22.9 Å². The van der Waals surface area contributed by atoms with E-state index in [1.54, 1.807) is 11.3 Å². The van der Waals surface area contributed by atoms with Crippen LogP contribution >= 0.6 is 11.3 Å². The van der Waals surface area contributed by atoms with Gasteiger partial charge in [0.1, 0.15) is 0 Å². The Hall–Kier alpha value is -2.20. The molecule has 0 aliphatic carbocycles. The average Bonchev–Trinajstić information content (AvgIpc) is 3.09. The maximum absolute atomic E-state index is 10.8. The molecule has 0 amide bonds. The lowest BCUT2D eigenvalue weighted by Gasteiger charge is -1.95. The van der Waals surface area contributed by atoms with Crippen molar-refractivity contribution < 1.29 is 9.21 Å². The lowest BCUT2D eigenvalue weighted by atomic mass is 10.2. The van der Waals surface area contributed by atoms with Crippen LogP contribution in [0.25, 0.3) is 11.3 Å². The molecule has 3 nitrogen and oxygen atoms in total. The minimum Gasteiger partial charge on any atom is -0.461 e. The number of hydrogen-bond acceptors (Lipinski definition) is 4. The van der Waals surface area contributed by atoms with Crippen LogP contribution in [0.4, 0.5) is 0 Å². The lowest BCUT2D eigenvalue weighted by molar-refractivity contribution is 0.109. The van der Waals surface area contributed by atoms with Gasteiger partial charge in [0.25, 0.3) is 0 Å². The van der Waals surface area contributed by atoms with Gasteiger partial charge in [-0.25, -0.2) is 4.98 Å². The predicted octanol–water partition coefficient (Wildman–Crippen LogP) is 3.81. The van der Waals surface area contributed by atoms with E-state index in [4.69, 9.17) is 4.42 Å². The second-order valence-electron chi connectivity index (χ2n) is 4.10. The standard InChI is InChI=1S/C15H11NO2S/c17-9-14-12(6-7-18-14)8-15-16-13(10-19-15)11-4-2-1-3-5-11/h1-7,9-10H,8H2. The van der Waals surface area contributed by atoms with Gasteiger partial charge >= 0.3 is 0 Å². The fraction of sp³-hybridized carbons (Fsp3) is 0.0667. The summed E-state index contributed by atoms with van der Waals surface area (Å²) in [6, 6.07) is 11.9. The summed E-state index contributed by atoms with van der Waals surface area (Å²) in [6.45, 7) is 0. The topological polar surface area (TPSA) is 43.1 Å². The third-order valence-corrected chi connectivity index (χ3v) is 3.70. The molecule has 4 heteroatoms. The fourth-order valence-electron chi connectivity index (χ4n) is 1.89. The summed E-state index contributed by atoms with van der Waals surface area (Å²) in [4.78, 5) is 15.4. The molecule has 1 aromatic carbocycles.